The second-order valence-electron chi connectivity index (χ2n) is 7.01. The molecule has 2 rings (SSSR count). The molecule has 3 heteroatoms. The van der Waals surface area contributed by atoms with Crippen molar-refractivity contribution in [1.82, 2.24) is 10.6 Å². The second-order valence-corrected chi connectivity index (χ2v) is 7.01. The van der Waals surface area contributed by atoms with E-state index in [2.05, 4.69) is 29.7 Å². The first kappa shape index (κ1) is 17.1. The van der Waals surface area contributed by atoms with Gasteiger partial charge in [0.1, 0.15) is 0 Å². The molecule has 3 nitrogen and oxygen atoms in total. The van der Waals surface area contributed by atoms with Crippen LogP contribution in [0.2, 0.25) is 0 Å². The summed E-state index contributed by atoms with van der Waals surface area (Å²) >= 11 is 0. The lowest BCUT2D eigenvalue weighted by molar-refractivity contribution is 0.219. The predicted molar refractivity (Wildman–Crippen MR) is 95.3 cm³/mol. The van der Waals surface area contributed by atoms with Gasteiger partial charge in [-0.3, -0.25) is 0 Å². The Hall–Kier alpha value is -2.29. The first-order valence-corrected chi connectivity index (χ1v) is 7.94. The zero-order chi connectivity index (χ0) is 17.1. The Bertz CT molecular complexity index is 675. The van der Waals surface area contributed by atoms with E-state index in [0.29, 0.717) is 0 Å². The van der Waals surface area contributed by atoms with Gasteiger partial charge in [-0.05, 0) is 51.3 Å². The molecule has 0 aliphatic carbocycles. The van der Waals surface area contributed by atoms with Crippen molar-refractivity contribution in [2.75, 3.05) is 0 Å². The Morgan fingerprint density at radius 1 is 0.783 bits per heavy atom. The van der Waals surface area contributed by atoms with Crippen molar-refractivity contribution in [3.05, 3.63) is 71.3 Å². The van der Waals surface area contributed by atoms with Gasteiger partial charge in [-0.1, -0.05) is 54.6 Å². The zero-order valence-electron chi connectivity index (χ0n) is 14.6. The van der Waals surface area contributed by atoms with Crippen LogP contribution in [0.4, 0.5) is 4.79 Å². The van der Waals surface area contributed by atoms with Crippen LogP contribution in [-0.2, 0) is 11.1 Å². The van der Waals surface area contributed by atoms with Crippen molar-refractivity contribution in [3.8, 4) is 0 Å². The number of benzene rings is 2. The van der Waals surface area contributed by atoms with Crippen molar-refractivity contribution in [2.45, 2.75) is 45.7 Å². The van der Waals surface area contributed by atoms with E-state index < -0.39 is 11.1 Å². The van der Waals surface area contributed by atoms with Crippen LogP contribution in [0.5, 0.6) is 0 Å². The Morgan fingerprint density at radius 2 is 1.30 bits per heavy atom. The second kappa shape index (κ2) is 6.45. The lowest BCUT2D eigenvalue weighted by Gasteiger charge is -2.32. The minimum atomic E-state index is -0.442. The summed E-state index contributed by atoms with van der Waals surface area (Å²) in [5.41, 5.74) is 2.48. The molecule has 2 amide bonds. The highest BCUT2D eigenvalue weighted by Gasteiger charge is 2.28. The van der Waals surface area contributed by atoms with Gasteiger partial charge in [0.15, 0.2) is 0 Å². The lowest BCUT2D eigenvalue weighted by atomic mass is 9.90. The fourth-order valence-electron chi connectivity index (χ4n) is 2.87. The first-order valence-electron chi connectivity index (χ1n) is 7.94. The average molecular weight is 310 g/mol. The van der Waals surface area contributed by atoms with Crippen LogP contribution in [0.1, 0.15) is 44.4 Å². The monoisotopic (exact) mass is 310 g/mol. The van der Waals surface area contributed by atoms with E-state index in [4.69, 9.17) is 0 Å². The summed E-state index contributed by atoms with van der Waals surface area (Å²) in [7, 11) is 0. The van der Waals surface area contributed by atoms with Crippen molar-refractivity contribution in [2.24, 2.45) is 0 Å². The summed E-state index contributed by atoms with van der Waals surface area (Å²) in [5, 5.41) is 6.16. The minimum Gasteiger partial charge on any atom is -0.329 e. The smallest absolute Gasteiger partial charge is 0.316 e. The lowest BCUT2D eigenvalue weighted by Crippen LogP contribution is -2.52. The summed E-state index contributed by atoms with van der Waals surface area (Å²) in [6, 6.07) is 17.9. The highest BCUT2D eigenvalue weighted by molar-refractivity contribution is 5.76. The quantitative estimate of drug-likeness (QED) is 0.860. The third-order valence-corrected chi connectivity index (χ3v) is 4.17. The number of carbonyl (C=O) groups excluding carboxylic acids is 1. The van der Waals surface area contributed by atoms with E-state index in [1.165, 1.54) is 5.56 Å². The van der Waals surface area contributed by atoms with E-state index >= 15 is 0 Å². The summed E-state index contributed by atoms with van der Waals surface area (Å²) in [5.74, 6) is 0. The van der Waals surface area contributed by atoms with Gasteiger partial charge in [0, 0.05) is 0 Å². The van der Waals surface area contributed by atoms with Crippen LogP contribution in [0.25, 0.3) is 0 Å². The predicted octanol–water partition coefficient (Wildman–Crippen LogP) is 4.46. The summed E-state index contributed by atoms with van der Waals surface area (Å²) in [6.07, 6.45) is 0. The molecule has 2 aromatic rings. The zero-order valence-corrected chi connectivity index (χ0v) is 14.6. The molecule has 0 atom stereocenters. The molecule has 23 heavy (non-hydrogen) atoms. The molecule has 0 heterocycles. The molecule has 0 aliphatic heterocycles. The van der Waals surface area contributed by atoms with Crippen LogP contribution in [0.3, 0.4) is 0 Å². The number of nitrogens with one attached hydrogen (secondary N) is 2. The molecule has 0 radical (unpaired) electrons. The van der Waals surface area contributed by atoms with Crippen LogP contribution >= 0.6 is 0 Å². The molecule has 2 aromatic carbocycles. The Kier molecular flexibility index (Phi) is 4.79. The maximum Gasteiger partial charge on any atom is 0.316 e. The van der Waals surface area contributed by atoms with Gasteiger partial charge in [-0.15, -0.1) is 0 Å². The van der Waals surface area contributed by atoms with E-state index in [-0.39, 0.29) is 6.03 Å². The van der Waals surface area contributed by atoms with Crippen LogP contribution in [-0.4, -0.2) is 6.03 Å². The number of rotatable bonds is 4. The minimum absolute atomic E-state index is 0.174. The molecule has 0 aromatic heterocycles. The molecule has 0 fully saturated rings. The van der Waals surface area contributed by atoms with Crippen molar-refractivity contribution < 1.29 is 4.79 Å². The number of aryl methyl sites for hydroxylation is 1. The van der Waals surface area contributed by atoms with Gasteiger partial charge in [0.2, 0.25) is 0 Å². The third kappa shape index (κ3) is 4.13. The molecular formula is C20H26N2O. The first-order chi connectivity index (χ1) is 10.7. The van der Waals surface area contributed by atoms with Gasteiger partial charge in [-0.2, -0.15) is 0 Å². The Morgan fingerprint density at radius 3 is 1.91 bits per heavy atom. The fourth-order valence-corrected chi connectivity index (χ4v) is 2.87. The molecule has 0 spiro atoms. The Balaban J connectivity index is 2.11. The van der Waals surface area contributed by atoms with E-state index in [1.54, 1.807) is 0 Å². The molecule has 122 valence electrons. The standard InChI is InChI=1S/C20H26N2O/c1-15-11-9-10-14-17(15)20(4,5)22-18(23)21-19(2,3)16-12-7-6-8-13-16/h6-14H,1-5H3,(H2,21,22,23). The van der Waals surface area contributed by atoms with Gasteiger partial charge < -0.3 is 10.6 Å². The summed E-state index contributed by atoms with van der Waals surface area (Å²) in [4.78, 5) is 12.5. The number of carbonyl (C=O) groups is 1. The summed E-state index contributed by atoms with van der Waals surface area (Å²) in [6.45, 7) is 10.1. The fraction of sp³-hybridized carbons (Fsp3) is 0.350. The highest BCUT2D eigenvalue weighted by atomic mass is 16.2. The molecule has 2 N–H and O–H groups in total. The SMILES string of the molecule is Cc1ccccc1C(C)(C)NC(=O)NC(C)(C)c1ccccc1. The van der Waals surface area contributed by atoms with E-state index in [1.807, 2.05) is 70.2 Å². The van der Waals surface area contributed by atoms with Crippen LogP contribution < -0.4 is 10.6 Å². The van der Waals surface area contributed by atoms with Crippen LogP contribution in [0.15, 0.2) is 54.6 Å². The van der Waals surface area contributed by atoms with Crippen LogP contribution in [0, 0.1) is 6.92 Å². The normalized spacial score (nSPS) is 11.9. The largest absolute Gasteiger partial charge is 0.329 e. The molecule has 0 unspecified atom stereocenters. The average Bonchev–Trinajstić information content (AvgIpc) is 2.47. The molecular weight excluding hydrogens is 284 g/mol. The third-order valence-electron chi connectivity index (χ3n) is 4.17. The molecule has 0 saturated heterocycles. The number of hydrogen-bond donors (Lipinski definition) is 2. The number of hydrogen-bond acceptors (Lipinski definition) is 1. The molecule has 0 bridgehead atoms. The van der Waals surface area contributed by atoms with Crippen molar-refractivity contribution >= 4 is 6.03 Å². The van der Waals surface area contributed by atoms with Crippen molar-refractivity contribution in [3.63, 3.8) is 0 Å². The Labute approximate surface area is 139 Å². The molecule has 0 saturated carbocycles. The maximum atomic E-state index is 12.5. The molecule has 0 aliphatic rings. The van der Waals surface area contributed by atoms with Gasteiger partial charge >= 0.3 is 6.03 Å². The van der Waals surface area contributed by atoms with E-state index in [0.717, 1.165) is 11.1 Å². The topological polar surface area (TPSA) is 41.1 Å². The number of amides is 2. The highest BCUT2D eigenvalue weighted by Crippen LogP contribution is 2.24. The van der Waals surface area contributed by atoms with Crippen molar-refractivity contribution in [1.29, 1.82) is 0 Å². The van der Waals surface area contributed by atoms with Gasteiger partial charge in [0.05, 0.1) is 11.1 Å². The maximum absolute atomic E-state index is 12.5. The van der Waals surface area contributed by atoms with Gasteiger partial charge in [-0.25, -0.2) is 4.79 Å². The van der Waals surface area contributed by atoms with E-state index in [9.17, 15) is 4.79 Å². The number of urea groups is 1. The van der Waals surface area contributed by atoms with Gasteiger partial charge in [0.25, 0.3) is 0 Å². The summed E-state index contributed by atoms with van der Waals surface area (Å²) < 4.78 is 0.